The molecule has 2 heterocycles. The number of hydrogen-bond donors (Lipinski definition) is 1. The molecule has 2 N–H and O–H groups in total. The first kappa shape index (κ1) is 12.1. The lowest BCUT2D eigenvalue weighted by Crippen LogP contribution is -2.03. The van der Waals surface area contributed by atoms with Gasteiger partial charge < -0.3 is 5.73 Å². The largest absolute Gasteiger partial charge is 0.326 e. The number of nitrogens with zero attached hydrogens (tertiary/aromatic N) is 3. The fourth-order valence-corrected chi connectivity index (χ4v) is 2.72. The van der Waals surface area contributed by atoms with E-state index in [-0.39, 0.29) is 0 Å². The summed E-state index contributed by atoms with van der Waals surface area (Å²) in [6, 6.07) is 16.3. The molecule has 0 amide bonds. The summed E-state index contributed by atoms with van der Waals surface area (Å²) in [6.07, 6.45) is 3.67. The third-order valence-electron chi connectivity index (χ3n) is 3.76. The van der Waals surface area contributed by atoms with Crippen molar-refractivity contribution in [1.82, 2.24) is 14.5 Å². The van der Waals surface area contributed by atoms with Crippen LogP contribution >= 0.6 is 0 Å². The molecule has 0 aliphatic carbocycles. The molecule has 0 fully saturated rings. The number of benzene rings is 2. The van der Waals surface area contributed by atoms with Crippen LogP contribution in [0.2, 0.25) is 0 Å². The normalized spacial score (nSPS) is 11.3. The first-order valence-electron chi connectivity index (χ1n) is 6.87. The molecule has 0 spiro atoms. The third-order valence-corrected chi connectivity index (χ3v) is 3.76. The SMILES string of the molecule is NCc1cnc(-n2cnc3ccccc32)c2ccccc12. The average Bonchev–Trinajstić information content (AvgIpc) is 2.98. The molecule has 0 aliphatic rings. The summed E-state index contributed by atoms with van der Waals surface area (Å²) in [6.45, 7) is 0.485. The van der Waals surface area contributed by atoms with Crippen LogP contribution in [0.15, 0.2) is 61.1 Å². The number of para-hydroxylation sites is 2. The van der Waals surface area contributed by atoms with Crippen molar-refractivity contribution in [2.24, 2.45) is 5.73 Å². The Morgan fingerprint density at radius 2 is 1.67 bits per heavy atom. The predicted molar refractivity (Wildman–Crippen MR) is 84.3 cm³/mol. The van der Waals surface area contributed by atoms with Gasteiger partial charge in [0.2, 0.25) is 0 Å². The van der Waals surface area contributed by atoms with Crippen molar-refractivity contribution in [3.63, 3.8) is 0 Å². The second-order valence-corrected chi connectivity index (χ2v) is 4.96. The highest BCUT2D eigenvalue weighted by atomic mass is 15.1. The van der Waals surface area contributed by atoms with Gasteiger partial charge in [-0.3, -0.25) is 4.57 Å². The number of hydrogen-bond acceptors (Lipinski definition) is 3. The van der Waals surface area contributed by atoms with Gasteiger partial charge in [0.05, 0.1) is 11.0 Å². The van der Waals surface area contributed by atoms with E-state index in [1.54, 1.807) is 0 Å². The first-order valence-corrected chi connectivity index (χ1v) is 6.87. The molecule has 0 saturated carbocycles. The third kappa shape index (κ3) is 1.80. The number of pyridine rings is 1. The van der Waals surface area contributed by atoms with Crippen molar-refractivity contribution in [2.75, 3.05) is 0 Å². The molecule has 102 valence electrons. The van der Waals surface area contributed by atoms with Crippen molar-refractivity contribution in [3.05, 3.63) is 66.6 Å². The van der Waals surface area contributed by atoms with E-state index in [1.807, 2.05) is 47.4 Å². The van der Waals surface area contributed by atoms with E-state index >= 15 is 0 Å². The van der Waals surface area contributed by atoms with Gasteiger partial charge in [0, 0.05) is 18.1 Å². The van der Waals surface area contributed by atoms with Gasteiger partial charge in [0.15, 0.2) is 0 Å². The minimum absolute atomic E-state index is 0.485. The molecule has 0 unspecified atom stereocenters. The Morgan fingerprint density at radius 3 is 2.52 bits per heavy atom. The maximum Gasteiger partial charge on any atom is 0.146 e. The van der Waals surface area contributed by atoms with E-state index in [2.05, 4.69) is 28.2 Å². The van der Waals surface area contributed by atoms with Gasteiger partial charge in [-0.25, -0.2) is 9.97 Å². The van der Waals surface area contributed by atoms with Gasteiger partial charge in [-0.05, 0) is 23.1 Å². The molecule has 4 aromatic rings. The molecular weight excluding hydrogens is 260 g/mol. The minimum Gasteiger partial charge on any atom is -0.326 e. The van der Waals surface area contributed by atoms with Crippen molar-refractivity contribution in [2.45, 2.75) is 6.54 Å². The summed E-state index contributed by atoms with van der Waals surface area (Å²) in [5.41, 5.74) is 8.89. The second-order valence-electron chi connectivity index (χ2n) is 4.96. The summed E-state index contributed by atoms with van der Waals surface area (Å²) in [4.78, 5) is 9.06. The Hall–Kier alpha value is -2.72. The molecule has 0 saturated heterocycles. The molecular formula is C17H14N4. The number of nitrogens with two attached hydrogens (primary N) is 1. The van der Waals surface area contributed by atoms with E-state index in [9.17, 15) is 0 Å². The molecule has 0 bridgehead atoms. The van der Waals surface area contributed by atoms with Gasteiger partial charge >= 0.3 is 0 Å². The standard InChI is InChI=1S/C17H14N4/c18-9-12-10-19-17(14-6-2-1-5-13(12)14)21-11-20-15-7-3-4-8-16(15)21/h1-8,10-11H,9,18H2. The second kappa shape index (κ2) is 4.68. The van der Waals surface area contributed by atoms with Crippen LogP contribution in [0.25, 0.3) is 27.6 Å². The van der Waals surface area contributed by atoms with Gasteiger partial charge in [0.1, 0.15) is 12.1 Å². The van der Waals surface area contributed by atoms with Crippen molar-refractivity contribution >= 4 is 21.8 Å². The Balaban J connectivity index is 2.07. The quantitative estimate of drug-likeness (QED) is 0.611. The van der Waals surface area contributed by atoms with E-state index in [1.165, 1.54) is 0 Å². The molecule has 0 atom stereocenters. The van der Waals surface area contributed by atoms with E-state index < -0.39 is 0 Å². The zero-order valence-corrected chi connectivity index (χ0v) is 11.4. The van der Waals surface area contributed by atoms with Crippen LogP contribution in [-0.2, 0) is 6.54 Å². The van der Waals surface area contributed by atoms with Gasteiger partial charge in [0.25, 0.3) is 0 Å². The Bertz CT molecular complexity index is 940. The maximum atomic E-state index is 5.82. The zero-order valence-electron chi connectivity index (χ0n) is 11.4. The van der Waals surface area contributed by atoms with E-state index in [4.69, 9.17) is 5.73 Å². The van der Waals surface area contributed by atoms with Crippen molar-refractivity contribution in [1.29, 1.82) is 0 Å². The number of fused-ring (bicyclic) bond motifs is 2. The summed E-state index contributed by atoms with van der Waals surface area (Å²) in [5.74, 6) is 0.886. The van der Waals surface area contributed by atoms with Crippen molar-refractivity contribution in [3.8, 4) is 5.82 Å². The summed E-state index contributed by atoms with van der Waals surface area (Å²) < 4.78 is 2.03. The van der Waals surface area contributed by atoms with Crippen LogP contribution in [0.1, 0.15) is 5.56 Å². The van der Waals surface area contributed by atoms with Gasteiger partial charge in [-0.15, -0.1) is 0 Å². The summed E-state index contributed by atoms with van der Waals surface area (Å²) in [5, 5.41) is 2.23. The van der Waals surface area contributed by atoms with Gasteiger partial charge in [-0.1, -0.05) is 36.4 Å². The fraction of sp³-hybridized carbons (Fsp3) is 0.0588. The lowest BCUT2D eigenvalue weighted by Gasteiger charge is -2.10. The molecule has 2 aromatic heterocycles. The average molecular weight is 274 g/mol. The van der Waals surface area contributed by atoms with E-state index in [0.29, 0.717) is 6.54 Å². The molecule has 0 radical (unpaired) electrons. The highest BCUT2D eigenvalue weighted by Gasteiger charge is 2.10. The molecule has 2 aromatic carbocycles. The number of imidazole rings is 1. The van der Waals surface area contributed by atoms with Crippen molar-refractivity contribution < 1.29 is 0 Å². The molecule has 0 aliphatic heterocycles. The lowest BCUT2D eigenvalue weighted by atomic mass is 10.1. The fourth-order valence-electron chi connectivity index (χ4n) is 2.72. The number of aromatic nitrogens is 3. The van der Waals surface area contributed by atoms with Crippen LogP contribution in [0.4, 0.5) is 0 Å². The Morgan fingerprint density at radius 1 is 0.905 bits per heavy atom. The molecule has 4 rings (SSSR count). The van der Waals surface area contributed by atoms with Crippen LogP contribution in [0, 0.1) is 0 Å². The Kier molecular flexibility index (Phi) is 2.69. The van der Waals surface area contributed by atoms with Crippen LogP contribution < -0.4 is 5.73 Å². The van der Waals surface area contributed by atoms with Crippen LogP contribution in [-0.4, -0.2) is 14.5 Å². The minimum atomic E-state index is 0.485. The monoisotopic (exact) mass is 274 g/mol. The Labute approximate surface area is 121 Å². The summed E-state index contributed by atoms with van der Waals surface area (Å²) >= 11 is 0. The predicted octanol–water partition coefficient (Wildman–Crippen LogP) is 3.03. The maximum absolute atomic E-state index is 5.82. The molecule has 21 heavy (non-hydrogen) atoms. The first-order chi connectivity index (χ1) is 10.4. The molecule has 4 heteroatoms. The zero-order chi connectivity index (χ0) is 14.2. The highest BCUT2D eigenvalue weighted by Crippen LogP contribution is 2.25. The topological polar surface area (TPSA) is 56.7 Å². The van der Waals surface area contributed by atoms with Gasteiger partial charge in [-0.2, -0.15) is 0 Å². The molecule has 4 nitrogen and oxygen atoms in total. The highest BCUT2D eigenvalue weighted by molar-refractivity contribution is 5.92. The number of rotatable bonds is 2. The lowest BCUT2D eigenvalue weighted by molar-refractivity contribution is 1.01. The van der Waals surface area contributed by atoms with Crippen LogP contribution in [0.5, 0.6) is 0 Å². The smallest absolute Gasteiger partial charge is 0.146 e. The summed E-state index contributed by atoms with van der Waals surface area (Å²) in [7, 11) is 0. The van der Waals surface area contributed by atoms with E-state index in [0.717, 1.165) is 33.2 Å². The van der Waals surface area contributed by atoms with Crippen LogP contribution in [0.3, 0.4) is 0 Å².